The van der Waals surface area contributed by atoms with Crippen LogP contribution in [0.25, 0.3) is 5.65 Å². The number of hydrogen-bond donors (Lipinski definition) is 3. The number of para-hydroxylation sites is 1. The number of carbonyl (C=O) groups excluding carboxylic acids is 1. The molecule has 1 aliphatic carbocycles. The number of nitrogens with one attached hydrogen (secondary N) is 3. The molecule has 1 aromatic carbocycles. The highest BCUT2D eigenvalue weighted by Gasteiger charge is 2.20. The quantitative estimate of drug-likeness (QED) is 0.465. The molecule has 34 heavy (non-hydrogen) atoms. The van der Waals surface area contributed by atoms with Gasteiger partial charge in [0, 0.05) is 30.1 Å². The lowest BCUT2D eigenvalue weighted by Gasteiger charge is -2.23. The number of aromatic nitrogens is 4. The molecule has 3 N–H and O–H groups in total. The number of anilines is 2. The number of hydrogen-bond acceptors (Lipinski definition) is 7. The van der Waals surface area contributed by atoms with Crippen molar-refractivity contribution in [2.75, 3.05) is 16.9 Å². The van der Waals surface area contributed by atoms with Crippen molar-refractivity contribution < 1.29 is 13.2 Å². The Morgan fingerprint density at radius 3 is 2.59 bits per heavy atom. The molecular weight excluding hydrogens is 454 g/mol. The van der Waals surface area contributed by atoms with E-state index in [1.54, 1.807) is 6.20 Å². The zero-order valence-electron chi connectivity index (χ0n) is 19.7. The Hall–Kier alpha value is -3.21. The molecule has 2 amide bonds. The van der Waals surface area contributed by atoms with Gasteiger partial charge in [0.25, 0.3) is 5.16 Å². The second-order valence-corrected chi connectivity index (χ2v) is 10.9. The van der Waals surface area contributed by atoms with Crippen LogP contribution in [-0.2, 0) is 16.4 Å². The predicted octanol–water partition coefficient (Wildman–Crippen LogP) is 3.72. The van der Waals surface area contributed by atoms with Crippen molar-refractivity contribution in [3.05, 3.63) is 41.6 Å². The average molecular weight is 486 g/mol. The highest BCUT2D eigenvalue weighted by atomic mass is 32.2. The number of fused-ring (bicyclic) bond motifs is 1. The summed E-state index contributed by atoms with van der Waals surface area (Å²) in [6, 6.07) is 7.44. The van der Waals surface area contributed by atoms with Crippen LogP contribution in [0.15, 0.2) is 35.6 Å². The molecule has 0 atom stereocenters. The summed E-state index contributed by atoms with van der Waals surface area (Å²) in [6.45, 7) is 4.28. The van der Waals surface area contributed by atoms with E-state index in [-0.39, 0.29) is 29.1 Å². The minimum absolute atomic E-state index is 0.111. The smallest absolute Gasteiger partial charge is 0.319 e. The molecule has 0 unspecified atom stereocenters. The Morgan fingerprint density at radius 2 is 1.88 bits per heavy atom. The first kappa shape index (κ1) is 23.9. The third-order valence-electron chi connectivity index (χ3n) is 5.97. The van der Waals surface area contributed by atoms with E-state index in [9.17, 15) is 13.2 Å². The second kappa shape index (κ2) is 9.96. The molecule has 1 fully saturated rings. The summed E-state index contributed by atoms with van der Waals surface area (Å²) in [5.41, 5.74) is 2.77. The van der Waals surface area contributed by atoms with Crippen LogP contribution < -0.4 is 16.0 Å². The molecule has 0 saturated heterocycles. The molecule has 0 aliphatic heterocycles. The summed E-state index contributed by atoms with van der Waals surface area (Å²) in [4.78, 5) is 21.0. The van der Waals surface area contributed by atoms with E-state index < -0.39 is 9.84 Å². The molecule has 10 nitrogen and oxygen atoms in total. The Morgan fingerprint density at radius 1 is 1.15 bits per heavy atom. The number of urea groups is 1. The third-order valence-corrected chi connectivity index (χ3v) is 6.82. The van der Waals surface area contributed by atoms with Crippen LogP contribution in [-0.4, -0.2) is 46.3 Å². The summed E-state index contributed by atoms with van der Waals surface area (Å²) in [5.74, 6) is 0.374. The van der Waals surface area contributed by atoms with E-state index in [0.717, 1.165) is 43.1 Å². The van der Waals surface area contributed by atoms with Gasteiger partial charge in [0.15, 0.2) is 5.65 Å². The van der Waals surface area contributed by atoms with E-state index in [1.165, 1.54) is 10.9 Å². The standard InChI is InChI=1S/C23H31N7O3S/c1-15(2)18-14-25-30-20(18)28-23(34(3,32)33)29-21(30)24-13-16-9-7-8-12-19(16)27-22(31)26-17-10-5-4-6-11-17/h7-9,12,14-15,17H,4-6,10-11,13H2,1-3H3,(H,24,28,29)(H2,26,27,31). The van der Waals surface area contributed by atoms with E-state index in [4.69, 9.17) is 0 Å². The van der Waals surface area contributed by atoms with Crippen molar-refractivity contribution in [2.45, 2.75) is 69.6 Å². The van der Waals surface area contributed by atoms with Crippen LogP contribution in [0.3, 0.4) is 0 Å². The minimum atomic E-state index is -3.63. The lowest BCUT2D eigenvalue weighted by atomic mass is 9.96. The monoisotopic (exact) mass is 485 g/mol. The van der Waals surface area contributed by atoms with Crippen molar-refractivity contribution in [1.82, 2.24) is 24.9 Å². The largest absolute Gasteiger partial charge is 0.350 e. The van der Waals surface area contributed by atoms with Crippen LogP contribution in [0.2, 0.25) is 0 Å². The number of benzene rings is 1. The van der Waals surface area contributed by atoms with Gasteiger partial charge in [-0.2, -0.15) is 19.6 Å². The third kappa shape index (κ3) is 5.46. The van der Waals surface area contributed by atoms with E-state index in [0.29, 0.717) is 17.9 Å². The van der Waals surface area contributed by atoms with Gasteiger partial charge in [-0.05, 0) is 30.4 Å². The van der Waals surface area contributed by atoms with Crippen molar-refractivity contribution in [1.29, 1.82) is 0 Å². The summed E-state index contributed by atoms with van der Waals surface area (Å²) in [5, 5.41) is 13.3. The topological polar surface area (TPSA) is 130 Å². The first-order valence-electron chi connectivity index (χ1n) is 11.6. The molecule has 0 radical (unpaired) electrons. The van der Waals surface area contributed by atoms with Gasteiger partial charge in [0.1, 0.15) is 0 Å². The number of rotatable bonds is 7. The second-order valence-electron chi connectivity index (χ2n) is 9.04. The van der Waals surface area contributed by atoms with Crippen molar-refractivity contribution in [3.63, 3.8) is 0 Å². The Kier molecular flexibility index (Phi) is 7.01. The molecule has 2 heterocycles. The van der Waals surface area contributed by atoms with Crippen molar-refractivity contribution >= 4 is 33.2 Å². The Balaban J connectivity index is 1.56. The van der Waals surface area contributed by atoms with Gasteiger partial charge in [-0.25, -0.2) is 13.2 Å². The summed E-state index contributed by atoms with van der Waals surface area (Å²) in [6.07, 6.45) is 8.27. The lowest BCUT2D eigenvalue weighted by molar-refractivity contribution is 0.244. The molecule has 0 spiro atoms. The number of nitrogens with zero attached hydrogens (tertiary/aromatic N) is 4. The fourth-order valence-corrected chi connectivity index (χ4v) is 4.63. The fraction of sp³-hybridized carbons (Fsp3) is 0.478. The molecule has 3 aromatic rings. The molecule has 1 aliphatic rings. The first-order valence-corrected chi connectivity index (χ1v) is 13.5. The molecular formula is C23H31N7O3S. The van der Waals surface area contributed by atoms with Crippen LogP contribution in [0.4, 0.5) is 16.4 Å². The lowest BCUT2D eigenvalue weighted by Crippen LogP contribution is -2.39. The highest BCUT2D eigenvalue weighted by molar-refractivity contribution is 7.90. The maximum atomic E-state index is 12.6. The zero-order chi connectivity index (χ0) is 24.3. The van der Waals surface area contributed by atoms with E-state index in [1.807, 2.05) is 38.1 Å². The molecule has 4 rings (SSSR count). The highest BCUT2D eigenvalue weighted by Crippen LogP contribution is 2.23. The van der Waals surface area contributed by atoms with Crippen LogP contribution >= 0.6 is 0 Å². The van der Waals surface area contributed by atoms with Crippen molar-refractivity contribution in [3.8, 4) is 0 Å². The van der Waals surface area contributed by atoms with E-state index >= 15 is 0 Å². The van der Waals surface area contributed by atoms with Gasteiger partial charge in [0.2, 0.25) is 15.8 Å². The first-order chi connectivity index (χ1) is 16.2. The van der Waals surface area contributed by atoms with Crippen molar-refractivity contribution in [2.24, 2.45) is 0 Å². The average Bonchev–Trinajstić information content (AvgIpc) is 3.23. The van der Waals surface area contributed by atoms with Crippen LogP contribution in [0.1, 0.15) is 63.0 Å². The van der Waals surface area contributed by atoms with Gasteiger partial charge < -0.3 is 16.0 Å². The normalized spacial score (nSPS) is 14.9. The van der Waals surface area contributed by atoms with Gasteiger partial charge in [-0.15, -0.1) is 0 Å². The summed E-state index contributed by atoms with van der Waals surface area (Å²) < 4.78 is 25.9. The maximum absolute atomic E-state index is 12.6. The van der Waals surface area contributed by atoms with E-state index in [2.05, 4.69) is 31.0 Å². The fourth-order valence-electron chi connectivity index (χ4n) is 4.12. The van der Waals surface area contributed by atoms with Gasteiger partial charge in [-0.3, -0.25) is 0 Å². The van der Waals surface area contributed by atoms with Gasteiger partial charge >= 0.3 is 6.03 Å². The molecule has 1 saturated carbocycles. The maximum Gasteiger partial charge on any atom is 0.319 e. The minimum Gasteiger partial charge on any atom is -0.350 e. The molecule has 0 bridgehead atoms. The summed E-state index contributed by atoms with van der Waals surface area (Å²) in [7, 11) is -3.63. The molecule has 2 aromatic heterocycles. The van der Waals surface area contributed by atoms with Gasteiger partial charge in [-0.1, -0.05) is 51.3 Å². The molecule has 182 valence electrons. The molecule has 11 heteroatoms. The van der Waals surface area contributed by atoms with Crippen LogP contribution in [0.5, 0.6) is 0 Å². The number of amides is 2. The number of carbonyl (C=O) groups is 1. The SMILES string of the molecule is CC(C)c1cnn2c(NCc3ccccc3NC(=O)NC3CCCCC3)nc(S(C)(=O)=O)nc12. The Bertz CT molecular complexity index is 1280. The zero-order valence-corrected chi connectivity index (χ0v) is 20.5. The predicted molar refractivity (Wildman–Crippen MR) is 131 cm³/mol. The van der Waals surface area contributed by atoms with Crippen LogP contribution in [0, 0.1) is 0 Å². The Labute approximate surface area is 199 Å². The summed E-state index contributed by atoms with van der Waals surface area (Å²) >= 11 is 0. The number of sulfone groups is 1. The van der Waals surface area contributed by atoms with Gasteiger partial charge in [0.05, 0.1) is 6.20 Å².